The minimum Gasteiger partial charge on any atom is -0.276 e. The number of nitrogens with zero attached hydrogens (tertiary/aromatic N) is 6. The summed E-state index contributed by atoms with van der Waals surface area (Å²) in [6.07, 6.45) is 3.46. The molecule has 0 amide bonds. The molecule has 0 spiro atoms. The smallest absolute Gasteiger partial charge is 0.243 e. The fourth-order valence-corrected chi connectivity index (χ4v) is 4.86. The fraction of sp³-hybridized carbons (Fsp3) is 0.375. The second-order valence-corrected chi connectivity index (χ2v) is 8.43. The first kappa shape index (κ1) is 17.7. The van der Waals surface area contributed by atoms with Crippen molar-refractivity contribution >= 4 is 10.0 Å². The summed E-state index contributed by atoms with van der Waals surface area (Å²) in [7, 11) is -1.95. The van der Waals surface area contributed by atoms with Crippen LogP contribution >= 0.6 is 0 Å². The fourth-order valence-electron chi connectivity index (χ4n) is 3.31. The number of tetrazole rings is 1. The Balaban J connectivity index is 1.64. The predicted molar refractivity (Wildman–Crippen MR) is 93.5 cm³/mol. The van der Waals surface area contributed by atoms with Gasteiger partial charge in [0.05, 0.1) is 16.2 Å². The number of nitrogens with one attached hydrogen (secondary N) is 1. The summed E-state index contributed by atoms with van der Waals surface area (Å²) >= 11 is 0. The highest BCUT2D eigenvalue weighted by atomic mass is 32.2. The molecule has 27 heavy (non-hydrogen) atoms. The second-order valence-electron chi connectivity index (χ2n) is 6.49. The average molecular weight is 391 g/mol. The van der Waals surface area contributed by atoms with E-state index < -0.39 is 15.8 Å². The predicted octanol–water partition coefficient (Wildman–Crippen LogP) is 1.31. The Kier molecular flexibility index (Phi) is 4.48. The molecule has 1 aromatic carbocycles. The first-order valence-electron chi connectivity index (χ1n) is 8.48. The van der Waals surface area contributed by atoms with E-state index in [1.165, 1.54) is 16.4 Å². The number of hydrogen-bond donors (Lipinski definition) is 1. The van der Waals surface area contributed by atoms with E-state index in [2.05, 4.69) is 25.7 Å². The van der Waals surface area contributed by atoms with Gasteiger partial charge in [-0.05, 0) is 42.3 Å². The highest BCUT2D eigenvalue weighted by molar-refractivity contribution is 7.89. The lowest BCUT2D eigenvalue weighted by Gasteiger charge is -2.31. The molecule has 0 saturated carbocycles. The van der Waals surface area contributed by atoms with Gasteiger partial charge >= 0.3 is 0 Å². The zero-order chi connectivity index (χ0) is 19.0. The zero-order valence-corrected chi connectivity index (χ0v) is 15.4. The van der Waals surface area contributed by atoms with Crippen molar-refractivity contribution < 1.29 is 12.8 Å². The van der Waals surface area contributed by atoms with Crippen LogP contribution in [-0.2, 0) is 17.1 Å². The Labute approximate surface area is 155 Å². The van der Waals surface area contributed by atoms with E-state index in [0.29, 0.717) is 13.1 Å². The molecule has 0 aliphatic carbocycles. The molecule has 3 heterocycles. The Morgan fingerprint density at radius 2 is 2.15 bits per heavy atom. The van der Waals surface area contributed by atoms with Gasteiger partial charge in [-0.2, -0.15) is 14.6 Å². The maximum atomic E-state index is 14.1. The molecule has 2 aromatic heterocycles. The van der Waals surface area contributed by atoms with Gasteiger partial charge in [0.15, 0.2) is 0 Å². The lowest BCUT2D eigenvalue weighted by Crippen LogP contribution is -2.39. The number of sulfonamides is 1. The standard InChI is InChI=1S/C16H18FN7O2S/c1-23-8-6-15(20-23)11-3-2-7-24(10-11)27(25,26)12-4-5-14(17)13(9-12)16-18-21-22-19-16/h4-6,8-9,11H,2-3,7,10H2,1H3,(H,18,19,21,22)/t11-/m0/s1. The summed E-state index contributed by atoms with van der Waals surface area (Å²) in [5, 5.41) is 17.5. The van der Waals surface area contributed by atoms with Gasteiger partial charge in [-0.25, -0.2) is 12.8 Å². The minimum atomic E-state index is -3.78. The monoisotopic (exact) mass is 391 g/mol. The maximum Gasteiger partial charge on any atom is 0.243 e. The second kappa shape index (κ2) is 6.82. The molecule has 3 aromatic rings. The molecular weight excluding hydrogens is 373 g/mol. The van der Waals surface area contributed by atoms with Crippen LogP contribution in [0.4, 0.5) is 4.39 Å². The number of aryl methyl sites for hydroxylation is 1. The Morgan fingerprint density at radius 1 is 1.30 bits per heavy atom. The Hall–Kier alpha value is -2.66. The van der Waals surface area contributed by atoms with Crippen LogP contribution < -0.4 is 0 Å². The van der Waals surface area contributed by atoms with Crippen molar-refractivity contribution in [2.45, 2.75) is 23.7 Å². The third-order valence-electron chi connectivity index (χ3n) is 4.70. The van der Waals surface area contributed by atoms with Crippen LogP contribution in [0.25, 0.3) is 11.4 Å². The Bertz CT molecular complexity index is 1050. The van der Waals surface area contributed by atoms with Crippen LogP contribution in [0.2, 0.25) is 0 Å². The summed E-state index contributed by atoms with van der Waals surface area (Å²) < 4.78 is 43.5. The average Bonchev–Trinajstić information content (AvgIpc) is 3.34. The molecule has 142 valence electrons. The van der Waals surface area contributed by atoms with Gasteiger partial charge in [-0.1, -0.05) is 0 Å². The molecular formula is C16H18FN7O2S. The normalized spacial score (nSPS) is 18.7. The van der Waals surface area contributed by atoms with Crippen molar-refractivity contribution in [3.05, 3.63) is 42.0 Å². The molecule has 4 rings (SSSR count). The topological polar surface area (TPSA) is 110 Å². The van der Waals surface area contributed by atoms with E-state index >= 15 is 0 Å². The first-order chi connectivity index (χ1) is 12.9. The SMILES string of the molecule is Cn1ccc([C@H]2CCCN(S(=O)(=O)c3ccc(F)c(-c4nn[nH]n4)c3)C2)n1. The van der Waals surface area contributed by atoms with Crippen LogP contribution in [0.1, 0.15) is 24.5 Å². The number of rotatable bonds is 4. The lowest BCUT2D eigenvalue weighted by atomic mass is 9.96. The number of H-pyrrole nitrogens is 1. The number of aromatic amines is 1. The van der Waals surface area contributed by atoms with Crippen molar-refractivity contribution in [3.8, 4) is 11.4 Å². The maximum absolute atomic E-state index is 14.1. The van der Waals surface area contributed by atoms with E-state index in [-0.39, 0.29) is 22.2 Å². The van der Waals surface area contributed by atoms with Crippen molar-refractivity contribution in [2.75, 3.05) is 13.1 Å². The van der Waals surface area contributed by atoms with Gasteiger partial charge in [-0.3, -0.25) is 4.68 Å². The van der Waals surface area contributed by atoms with Crippen molar-refractivity contribution in [3.63, 3.8) is 0 Å². The molecule has 0 unspecified atom stereocenters. The highest BCUT2D eigenvalue weighted by Crippen LogP contribution is 2.31. The molecule has 1 saturated heterocycles. The van der Waals surface area contributed by atoms with Crippen molar-refractivity contribution in [1.29, 1.82) is 0 Å². The van der Waals surface area contributed by atoms with Crippen molar-refractivity contribution in [1.82, 2.24) is 34.7 Å². The van der Waals surface area contributed by atoms with Gasteiger partial charge in [0.1, 0.15) is 5.82 Å². The van der Waals surface area contributed by atoms with E-state index in [1.54, 1.807) is 4.68 Å². The number of halogens is 1. The molecule has 1 fully saturated rings. The summed E-state index contributed by atoms with van der Waals surface area (Å²) in [6, 6.07) is 5.53. The van der Waals surface area contributed by atoms with Crippen LogP contribution in [0.3, 0.4) is 0 Å². The number of piperidine rings is 1. The quantitative estimate of drug-likeness (QED) is 0.718. The van der Waals surface area contributed by atoms with E-state index in [4.69, 9.17) is 0 Å². The molecule has 0 radical (unpaired) electrons. The highest BCUT2D eigenvalue weighted by Gasteiger charge is 2.32. The van der Waals surface area contributed by atoms with Gasteiger partial charge in [0.25, 0.3) is 0 Å². The summed E-state index contributed by atoms with van der Waals surface area (Å²) in [5.41, 5.74) is 0.868. The molecule has 9 nitrogen and oxygen atoms in total. The summed E-state index contributed by atoms with van der Waals surface area (Å²) in [5.74, 6) is -0.568. The number of hydrogen-bond acceptors (Lipinski definition) is 6. The molecule has 1 aliphatic heterocycles. The molecule has 1 atom stereocenters. The van der Waals surface area contributed by atoms with Crippen LogP contribution in [0, 0.1) is 5.82 Å². The third kappa shape index (κ3) is 3.35. The molecule has 1 aliphatic rings. The van der Waals surface area contributed by atoms with E-state index in [9.17, 15) is 12.8 Å². The van der Waals surface area contributed by atoms with Gasteiger partial charge < -0.3 is 0 Å². The lowest BCUT2D eigenvalue weighted by molar-refractivity contribution is 0.312. The molecule has 0 bridgehead atoms. The van der Waals surface area contributed by atoms with Gasteiger partial charge in [0.2, 0.25) is 15.8 Å². The largest absolute Gasteiger partial charge is 0.276 e. The molecule has 1 N–H and O–H groups in total. The number of benzene rings is 1. The summed E-state index contributed by atoms with van der Waals surface area (Å²) in [4.78, 5) is 0.00497. The van der Waals surface area contributed by atoms with E-state index in [1.807, 2.05) is 19.3 Å². The van der Waals surface area contributed by atoms with Gasteiger partial charge in [-0.15, -0.1) is 10.2 Å². The van der Waals surface area contributed by atoms with Crippen LogP contribution in [-0.4, -0.2) is 56.2 Å². The molecule has 11 heteroatoms. The third-order valence-corrected chi connectivity index (χ3v) is 6.56. The van der Waals surface area contributed by atoms with Gasteiger partial charge in [0, 0.05) is 32.3 Å². The first-order valence-corrected chi connectivity index (χ1v) is 9.92. The van der Waals surface area contributed by atoms with Crippen molar-refractivity contribution in [2.24, 2.45) is 7.05 Å². The summed E-state index contributed by atoms with van der Waals surface area (Å²) in [6.45, 7) is 0.759. The Morgan fingerprint density at radius 3 is 2.85 bits per heavy atom. The zero-order valence-electron chi connectivity index (χ0n) is 14.6. The minimum absolute atomic E-state index is 0.00497. The van der Waals surface area contributed by atoms with E-state index in [0.717, 1.165) is 24.6 Å². The number of aromatic nitrogens is 6. The van der Waals surface area contributed by atoms with Crippen LogP contribution in [0.15, 0.2) is 35.4 Å². The van der Waals surface area contributed by atoms with Crippen LogP contribution in [0.5, 0.6) is 0 Å².